The predicted molar refractivity (Wildman–Crippen MR) is 196 cm³/mol. The number of unbranched alkanes of at least 4 members (excludes halogenated alkanes) is 29. The van der Waals surface area contributed by atoms with E-state index in [4.69, 9.17) is 0 Å². The van der Waals surface area contributed by atoms with Gasteiger partial charge in [0, 0.05) is 25.5 Å². The van der Waals surface area contributed by atoms with Crippen molar-refractivity contribution in [3.8, 4) is 0 Å². The fourth-order valence-corrected chi connectivity index (χ4v) is 7.07. The maximum atomic E-state index is 2.72. The Labute approximate surface area is 273 Å². The molecule has 1 unspecified atom stereocenters. The summed E-state index contributed by atoms with van der Waals surface area (Å²) in [4.78, 5) is 5.43. The Balaban J connectivity index is 2.16. The first-order valence-corrected chi connectivity index (χ1v) is 20.5. The third-order valence-electron chi connectivity index (χ3n) is 10.1. The molecule has 0 radical (unpaired) electrons. The first kappa shape index (κ1) is 40.4. The van der Waals surface area contributed by atoms with Crippen molar-refractivity contribution in [2.45, 2.75) is 239 Å². The van der Waals surface area contributed by atoms with E-state index in [2.05, 4.69) is 43.0 Å². The molecule has 0 fully saturated rings. The van der Waals surface area contributed by atoms with Crippen LogP contribution < -0.4 is 0 Å². The van der Waals surface area contributed by atoms with Crippen molar-refractivity contribution in [1.29, 1.82) is 0 Å². The molecular weight excluding hydrogens is 520 g/mol. The van der Waals surface area contributed by atoms with Gasteiger partial charge in [0.2, 0.25) is 0 Å². The summed E-state index contributed by atoms with van der Waals surface area (Å²) in [6.45, 7) is 9.48. The molecule has 0 aromatic carbocycles. The summed E-state index contributed by atoms with van der Waals surface area (Å²) in [5, 5.41) is 0. The van der Waals surface area contributed by atoms with Gasteiger partial charge in [-0.1, -0.05) is 207 Å². The highest BCUT2D eigenvalue weighted by Gasteiger charge is 2.24. The van der Waals surface area contributed by atoms with Crippen molar-refractivity contribution in [2.75, 3.05) is 13.1 Å². The smallest absolute Gasteiger partial charge is 0.101 e. The predicted octanol–water partition coefficient (Wildman–Crippen LogP) is 14.3. The zero-order chi connectivity index (χ0) is 30.9. The van der Waals surface area contributed by atoms with Gasteiger partial charge < -0.3 is 9.80 Å². The van der Waals surface area contributed by atoms with E-state index in [1.54, 1.807) is 0 Å². The molecule has 1 aliphatic heterocycles. The van der Waals surface area contributed by atoms with E-state index >= 15 is 0 Å². The molecule has 1 heterocycles. The highest BCUT2D eigenvalue weighted by Crippen LogP contribution is 2.24. The monoisotopic (exact) mass is 603 g/mol. The number of nitrogens with zero attached hydrogens (tertiary/aromatic N) is 2. The molecule has 0 bridgehead atoms. The van der Waals surface area contributed by atoms with Crippen molar-refractivity contribution in [2.24, 2.45) is 0 Å². The first-order valence-electron chi connectivity index (χ1n) is 20.5. The van der Waals surface area contributed by atoms with Gasteiger partial charge in [-0.3, -0.25) is 0 Å². The molecule has 0 aromatic rings. The van der Waals surface area contributed by atoms with Crippen LogP contribution in [-0.4, -0.2) is 29.1 Å². The molecule has 0 saturated carbocycles. The Morgan fingerprint density at radius 1 is 0.302 bits per heavy atom. The summed E-state index contributed by atoms with van der Waals surface area (Å²) in [5.41, 5.74) is 0. The highest BCUT2D eigenvalue weighted by atomic mass is 15.4. The summed E-state index contributed by atoms with van der Waals surface area (Å²) in [7, 11) is 0. The minimum absolute atomic E-state index is 0.640. The van der Waals surface area contributed by atoms with Crippen LogP contribution in [0.1, 0.15) is 233 Å². The van der Waals surface area contributed by atoms with Gasteiger partial charge in [0.25, 0.3) is 0 Å². The molecule has 1 atom stereocenters. The van der Waals surface area contributed by atoms with Gasteiger partial charge in [-0.2, -0.15) is 0 Å². The Kier molecular flexibility index (Phi) is 30.7. The maximum absolute atomic E-state index is 2.72. The van der Waals surface area contributed by atoms with Crippen LogP contribution in [0.3, 0.4) is 0 Å². The van der Waals surface area contributed by atoms with Gasteiger partial charge in [-0.05, 0) is 25.7 Å². The van der Waals surface area contributed by atoms with Crippen LogP contribution in [0.2, 0.25) is 0 Å². The fourth-order valence-electron chi connectivity index (χ4n) is 7.07. The van der Waals surface area contributed by atoms with Crippen molar-refractivity contribution in [3.63, 3.8) is 0 Å². The van der Waals surface area contributed by atoms with Gasteiger partial charge in [0.15, 0.2) is 0 Å². The van der Waals surface area contributed by atoms with Crippen molar-refractivity contribution >= 4 is 0 Å². The van der Waals surface area contributed by atoms with E-state index in [0.717, 1.165) is 0 Å². The number of hydrogen-bond donors (Lipinski definition) is 0. The lowest BCUT2D eigenvalue weighted by atomic mass is 10.0. The summed E-state index contributed by atoms with van der Waals surface area (Å²) < 4.78 is 0. The van der Waals surface area contributed by atoms with Crippen LogP contribution in [0.15, 0.2) is 12.4 Å². The Morgan fingerprint density at radius 2 is 0.535 bits per heavy atom. The fraction of sp³-hybridized carbons (Fsp3) is 0.951. The zero-order valence-corrected chi connectivity index (χ0v) is 30.4. The van der Waals surface area contributed by atoms with E-state index in [1.807, 2.05) is 0 Å². The quantitative estimate of drug-likeness (QED) is 0.0666. The zero-order valence-electron chi connectivity index (χ0n) is 30.4. The van der Waals surface area contributed by atoms with Gasteiger partial charge in [0.05, 0.1) is 0 Å². The van der Waals surface area contributed by atoms with Gasteiger partial charge in [0.1, 0.15) is 6.17 Å². The standard InChI is InChI=1S/C41H82N2/c1-4-7-10-13-16-18-20-21-22-23-25-27-29-32-35-38-43-40-39-42(37-34-31-15-12-9-6-3)41(43)36-33-30-28-26-24-19-17-14-11-8-5-2/h39-41H,4-38H2,1-3H3. The minimum atomic E-state index is 0.640. The molecule has 0 N–H and O–H groups in total. The Bertz CT molecular complexity index is 558. The normalized spacial score (nSPS) is 14.9. The average molecular weight is 603 g/mol. The lowest BCUT2D eigenvalue weighted by Gasteiger charge is -2.33. The summed E-state index contributed by atoms with van der Waals surface area (Å²) in [6, 6.07) is 0. The van der Waals surface area contributed by atoms with E-state index in [0.29, 0.717) is 6.17 Å². The summed E-state index contributed by atoms with van der Waals surface area (Å²) >= 11 is 0. The molecule has 2 heteroatoms. The Morgan fingerprint density at radius 3 is 0.814 bits per heavy atom. The lowest BCUT2D eigenvalue weighted by Crippen LogP contribution is -2.39. The van der Waals surface area contributed by atoms with Gasteiger partial charge >= 0.3 is 0 Å². The van der Waals surface area contributed by atoms with Crippen LogP contribution in [-0.2, 0) is 0 Å². The maximum Gasteiger partial charge on any atom is 0.101 e. The van der Waals surface area contributed by atoms with E-state index < -0.39 is 0 Å². The van der Waals surface area contributed by atoms with Crippen molar-refractivity contribution in [3.05, 3.63) is 12.4 Å². The molecule has 2 nitrogen and oxygen atoms in total. The second-order valence-corrected chi connectivity index (χ2v) is 14.3. The second kappa shape index (κ2) is 32.7. The van der Waals surface area contributed by atoms with E-state index in [9.17, 15) is 0 Å². The van der Waals surface area contributed by atoms with Crippen LogP contribution >= 0.6 is 0 Å². The third kappa shape index (κ3) is 25.2. The molecule has 0 spiro atoms. The van der Waals surface area contributed by atoms with Gasteiger partial charge in [-0.25, -0.2) is 0 Å². The summed E-state index contributed by atoms with van der Waals surface area (Å²) in [5.74, 6) is 0. The average Bonchev–Trinajstić information content (AvgIpc) is 3.40. The van der Waals surface area contributed by atoms with Crippen molar-refractivity contribution < 1.29 is 0 Å². The van der Waals surface area contributed by atoms with E-state index in [-0.39, 0.29) is 0 Å². The molecule has 0 aromatic heterocycles. The Hall–Kier alpha value is -0.660. The SMILES string of the molecule is CCCCCCCCCCCCCCCCCN1C=CN(CCCCCCCC)C1CCCCCCCCCCCCC. The first-order chi connectivity index (χ1) is 21.3. The highest BCUT2D eigenvalue weighted by molar-refractivity contribution is 4.97. The van der Waals surface area contributed by atoms with Gasteiger partial charge in [-0.15, -0.1) is 0 Å². The number of rotatable bonds is 35. The second-order valence-electron chi connectivity index (χ2n) is 14.3. The molecule has 1 aliphatic rings. The molecule has 43 heavy (non-hydrogen) atoms. The van der Waals surface area contributed by atoms with Crippen LogP contribution in [0, 0.1) is 0 Å². The third-order valence-corrected chi connectivity index (χ3v) is 10.1. The number of hydrogen-bond acceptors (Lipinski definition) is 2. The molecule has 0 amide bonds. The largest absolute Gasteiger partial charge is 0.356 e. The molecular formula is C41H82N2. The van der Waals surface area contributed by atoms with Crippen molar-refractivity contribution in [1.82, 2.24) is 9.80 Å². The minimum Gasteiger partial charge on any atom is -0.356 e. The van der Waals surface area contributed by atoms with Crippen LogP contribution in [0.25, 0.3) is 0 Å². The molecule has 256 valence electrons. The summed E-state index contributed by atoms with van der Waals surface area (Å²) in [6.07, 6.45) is 52.9. The molecule has 0 saturated heterocycles. The molecule has 0 aliphatic carbocycles. The van der Waals surface area contributed by atoms with Crippen LogP contribution in [0.5, 0.6) is 0 Å². The van der Waals surface area contributed by atoms with E-state index in [1.165, 1.54) is 225 Å². The van der Waals surface area contributed by atoms with Crippen LogP contribution in [0.4, 0.5) is 0 Å². The topological polar surface area (TPSA) is 6.48 Å². The molecule has 1 rings (SSSR count). The lowest BCUT2D eigenvalue weighted by molar-refractivity contribution is 0.135.